The Morgan fingerprint density at radius 2 is 2.15 bits per heavy atom. The molecule has 1 aromatic carbocycles. The van der Waals surface area contributed by atoms with E-state index in [0.717, 1.165) is 17.2 Å². The van der Waals surface area contributed by atoms with E-state index in [2.05, 4.69) is 20.4 Å². The molecule has 0 bridgehead atoms. The van der Waals surface area contributed by atoms with Gasteiger partial charge in [0.15, 0.2) is 5.82 Å². The summed E-state index contributed by atoms with van der Waals surface area (Å²) in [4.78, 5) is 8.59. The third-order valence-corrected chi connectivity index (χ3v) is 3.00. The van der Waals surface area contributed by atoms with Gasteiger partial charge in [0, 0.05) is 22.5 Å². The first-order chi connectivity index (χ1) is 9.65. The minimum atomic E-state index is 0.277. The van der Waals surface area contributed by atoms with Crippen LogP contribution in [-0.4, -0.2) is 19.6 Å². The Morgan fingerprint density at radius 3 is 2.90 bits per heavy atom. The number of aryl methyl sites for hydroxylation is 1. The fourth-order valence-electron chi connectivity index (χ4n) is 1.92. The van der Waals surface area contributed by atoms with E-state index in [1.165, 1.54) is 0 Å². The number of benzene rings is 1. The Balaban J connectivity index is 2.08. The monoisotopic (exact) mass is 288 g/mol. The summed E-state index contributed by atoms with van der Waals surface area (Å²) in [5.74, 6) is 1.84. The number of fused-ring (bicyclic) bond motifs is 1. The van der Waals surface area contributed by atoms with E-state index in [4.69, 9.17) is 17.3 Å². The summed E-state index contributed by atoms with van der Waals surface area (Å²) in [6.07, 6.45) is 0. The van der Waals surface area contributed by atoms with Gasteiger partial charge in [-0.1, -0.05) is 17.7 Å². The maximum atomic E-state index is 5.98. The normalized spacial score (nSPS) is 10.9. The molecule has 0 unspecified atom stereocenters. The van der Waals surface area contributed by atoms with E-state index >= 15 is 0 Å². The molecule has 0 fully saturated rings. The number of anilines is 2. The third-order valence-electron chi connectivity index (χ3n) is 2.76. The van der Waals surface area contributed by atoms with Gasteiger partial charge in [0.05, 0.1) is 6.54 Å². The molecule has 3 aromatic rings. The van der Waals surface area contributed by atoms with Crippen LogP contribution in [0.1, 0.15) is 11.5 Å². The average Bonchev–Trinajstić information content (AvgIpc) is 2.82. The molecule has 0 atom stereocenters. The van der Waals surface area contributed by atoms with E-state index in [0.29, 0.717) is 16.6 Å². The molecular weight excluding hydrogens is 276 g/mol. The van der Waals surface area contributed by atoms with Crippen LogP contribution in [0.15, 0.2) is 30.3 Å². The Bertz CT molecular complexity index is 767. The van der Waals surface area contributed by atoms with Crippen molar-refractivity contribution in [3.05, 3.63) is 46.9 Å². The Kier molecular flexibility index (Phi) is 3.25. The second kappa shape index (κ2) is 5.07. The van der Waals surface area contributed by atoms with Crippen LogP contribution in [0, 0.1) is 6.92 Å². The number of rotatable bonds is 3. The van der Waals surface area contributed by atoms with Crippen molar-refractivity contribution in [2.45, 2.75) is 13.5 Å². The van der Waals surface area contributed by atoms with Gasteiger partial charge in [-0.15, -0.1) is 5.10 Å². The molecule has 3 N–H and O–H groups in total. The highest BCUT2D eigenvalue weighted by molar-refractivity contribution is 6.30. The highest BCUT2D eigenvalue weighted by atomic mass is 35.5. The van der Waals surface area contributed by atoms with Crippen molar-refractivity contribution < 1.29 is 0 Å². The van der Waals surface area contributed by atoms with Crippen LogP contribution < -0.4 is 11.1 Å². The lowest BCUT2D eigenvalue weighted by atomic mass is 10.3. The van der Waals surface area contributed by atoms with Crippen molar-refractivity contribution in [2.75, 3.05) is 5.32 Å². The first kappa shape index (κ1) is 12.8. The van der Waals surface area contributed by atoms with Gasteiger partial charge in [0.1, 0.15) is 5.82 Å². The SMILES string of the molecule is Cc1cc(Nc2cccc(Cl)c2)n2nc(CN)nc2n1. The Morgan fingerprint density at radius 1 is 1.30 bits per heavy atom. The van der Waals surface area contributed by atoms with Gasteiger partial charge in [0.25, 0.3) is 5.78 Å². The zero-order valence-electron chi connectivity index (χ0n) is 10.8. The molecule has 102 valence electrons. The van der Waals surface area contributed by atoms with Crippen LogP contribution in [0.4, 0.5) is 11.5 Å². The van der Waals surface area contributed by atoms with Gasteiger partial charge in [0.2, 0.25) is 0 Å². The fraction of sp³-hybridized carbons (Fsp3) is 0.154. The summed E-state index contributed by atoms with van der Waals surface area (Å²) < 4.78 is 1.64. The average molecular weight is 289 g/mol. The third kappa shape index (κ3) is 2.43. The summed E-state index contributed by atoms with van der Waals surface area (Å²) >= 11 is 5.98. The van der Waals surface area contributed by atoms with Crippen LogP contribution in [0.25, 0.3) is 5.78 Å². The summed E-state index contributed by atoms with van der Waals surface area (Å²) in [5.41, 5.74) is 7.29. The van der Waals surface area contributed by atoms with E-state index in [-0.39, 0.29) is 6.54 Å². The fourth-order valence-corrected chi connectivity index (χ4v) is 2.11. The minimum absolute atomic E-state index is 0.277. The van der Waals surface area contributed by atoms with E-state index in [1.54, 1.807) is 4.52 Å². The largest absolute Gasteiger partial charge is 0.340 e. The van der Waals surface area contributed by atoms with Gasteiger partial charge in [-0.2, -0.15) is 9.50 Å². The summed E-state index contributed by atoms with van der Waals surface area (Å²) in [7, 11) is 0. The number of halogens is 1. The molecular formula is C13H13ClN6. The van der Waals surface area contributed by atoms with Gasteiger partial charge >= 0.3 is 0 Å². The van der Waals surface area contributed by atoms with Crippen LogP contribution in [0.5, 0.6) is 0 Å². The highest BCUT2D eigenvalue weighted by Gasteiger charge is 2.09. The van der Waals surface area contributed by atoms with Gasteiger partial charge in [-0.25, -0.2) is 4.98 Å². The first-order valence-electron chi connectivity index (χ1n) is 6.11. The highest BCUT2D eigenvalue weighted by Crippen LogP contribution is 2.20. The lowest BCUT2D eigenvalue weighted by molar-refractivity contribution is 0.867. The molecule has 3 rings (SSSR count). The Labute approximate surface area is 120 Å². The molecule has 0 aliphatic heterocycles. The molecule has 6 nitrogen and oxygen atoms in total. The van der Waals surface area contributed by atoms with Crippen molar-refractivity contribution in [3.8, 4) is 0 Å². The zero-order chi connectivity index (χ0) is 14.1. The van der Waals surface area contributed by atoms with Crippen LogP contribution in [0.2, 0.25) is 5.02 Å². The molecule has 20 heavy (non-hydrogen) atoms. The molecule has 0 saturated heterocycles. The summed E-state index contributed by atoms with van der Waals surface area (Å²) in [6, 6.07) is 9.35. The lowest BCUT2D eigenvalue weighted by Crippen LogP contribution is -2.03. The van der Waals surface area contributed by atoms with Crippen LogP contribution >= 0.6 is 11.6 Å². The number of nitrogens with zero attached hydrogens (tertiary/aromatic N) is 4. The number of nitrogens with one attached hydrogen (secondary N) is 1. The van der Waals surface area contributed by atoms with E-state index < -0.39 is 0 Å². The Hall–Kier alpha value is -2.18. The second-order valence-corrected chi connectivity index (χ2v) is 4.80. The van der Waals surface area contributed by atoms with Crippen molar-refractivity contribution in [1.29, 1.82) is 0 Å². The molecule has 7 heteroatoms. The van der Waals surface area contributed by atoms with Crippen molar-refractivity contribution in [1.82, 2.24) is 19.6 Å². The van der Waals surface area contributed by atoms with Gasteiger partial charge in [-0.3, -0.25) is 0 Å². The van der Waals surface area contributed by atoms with Crippen molar-refractivity contribution in [3.63, 3.8) is 0 Å². The number of hydrogen-bond acceptors (Lipinski definition) is 5. The number of hydrogen-bond donors (Lipinski definition) is 2. The zero-order valence-corrected chi connectivity index (χ0v) is 11.6. The van der Waals surface area contributed by atoms with Crippen molar-refractivity contribution in [2.24, 2.45) is 5.73 Å². The first-order valence-corrected chi connectivity index (χ1v) is 6.49. The standard InChI is InChI=1S/C13H13ClN6/c1-8-5-12(17-10-4-2-3-9(14)6-10)20-13(16-8)18-11(7-15)19-20/h2-6,17H,7,15H2,1H3. The molecule has 2 aromatic heterocycles. The predicted octanol–water partition coefficient (Wildman–Crippen LogP) is 2.29. The maximum Gasteiger partial charge on any atom is 0.254 e. The topological polar surface area (TPSA) is 81.1 Å². The second-order valence-electron chi connectivity index (χ2n) is 4.36. The number of nitrogens with two attached hydrogens (primary N) is 1. The molecule has 0 aliphatic rings. The smallest absolute Gasteiger partial charge is 0.254 e. The van der Waals surface area contributed by atoms with Crippen molar-refractivity contribution >= 4 is 28.9 Å². The predicted molar refractivity (Wildman–Crippen MR) is 78.1 cm³/mol. The maximum absolute atomic E-state index is 5.98. The van der Waals surface area contributed by atoms with Crippen LogP contribution in [-0.2, 0) is 6.54 Å². The molecule has 0 saturated carbocycles. The molecule has 2 heterocycles. The minimum Gasteiger partial charge on any atom is -0.340 e. The molecule has 0 spiro atoms. The van der Waals surface area contributed by atoms with E-state index in [9.17, 15) is 0 Å². The molecule has 0 amide bonds. The summed E-state index contributed by atoms with van der Waals surface area (Å²) in [6.45, 7) is 2.18. The van der Waals surface area contributed by atoms with Crippen LogP contribution in [0.3, 0.4) is 0 Å². The van der Waals surface area contributed by atoms with Gasteiger partial charge in [-0.05, 0) is 25.1 Å². The van der Waals surface area contributed by atoms with Gasteiger partial charge < -0.3 is 11.1 Å². The number of aromatic nitrogens is 4. The lowest BCUT2D eigenvalue weighted by Gasteiger charge is -2.08. The molecule has 0 radical (unpaired) electrons. The quantitative estimate of drug-likeness (QED) is 0.773. The molecule has 0 aliphatic carbocycles. The summed E-state index contributed by atoms with van der Waals surface area (Å²) in [5, 5.41) is 8.24. The van der Waals surface area contributed by atoms with E-state index in [1.807, 2.05) is 37.3 Å².